The average Bonchev–Trinajstić information content (AvgIpc) is 2.95. The lowest BCUT2D eigenvalue weighted by molar-refractivity contribution is -0.140. The van der Waals surface area contributed by atoms with Crippen LogP contribution in [-0.2, 0) is 25.5 Å². The topological polar surface area (TPSA) is 77.5 Å². The number of hydrogen-bond acceptors (Lipinski definition) is 6. The minimum atomic E-state index is -0.210. The highest BCUT2D eigenvalue weighted by Gasteiger charge is 2.22. The van der Waals surface area contributed by atoms with E-state index in [9.17, 15) is 9.59 Å². The van der Waals surface area contributed by atoms with Gasteiger partial charge in [-0.15, -0.1) is 11.3 Å². The van der Waals surface area contributed by atoms with E-state index >= 15 is 0 Å². The number of carbonyl (C=O) groups excluding carboxylic acids is 2. The molecule has 1 N–H and O–H groups in total. The summed E-state index contributed by atoms with van der Waals surface area (Å²) in [6.07, 6.45) is 3.33. The lowest BCUT2D eigenvalue weighted by Crippen LogP contribution is -2.28. The van der Waals surface area contributed by atoms with E-state index < -0.39 is 0 Å². The Morgan fingerprint density at radius 1 is 1.48 bits per heavy atom. The third-order valence-electron chi connectivity index (χ3n) is 3.42. The fourth-order valence-corrected chi connectivity index (χ4v) is 2.91. The molecule has 1 aromatic rings. The monoisotopic (exact) mass is 312 g/mol. The van der Waals surface area contributed by atoms with Gasteiger partial charge in [0.2, 0.25) is 5.91 Å². The number of nitrogens with one attached hydrogen (secondary N) is 1. The summed E-state index contributed by atoms with van der Waals surface area (Å²) >= 11 is 1.42. The molecule has 0 saturated carbocycles. The molecule has 0 spiro atoms. The Morgan fingerprint density at radius 2 is 2.24 bits per heavy atom. The molecule has 1 aromatic heterocycles. The predicted molar refractivity (Wildman–Crippen MR) is 79.2 cm³/mol. The van der Waals surface area contributed by atoms with E-state index in [1.165, 1.54) is 18.4 Å². The SMILES string of the molecule is COC(=O)CCCc1csc(NC(=O)C2CCOCC2)n1. The number of ether oxygens (including phenoxy) is 2. The molecule has 1 aliphatic heterocycles. The highest BCUT2D eigenvalue weighted by molar-refractivity contribution is 7.13. The summed E-state index contributed by atoms with van der Waals surface area (Å²) in [5.74, 6) is -0.169. The van der Waals surface area contributed by atoms with E-state index in [-0.39, 0.29) is 17.8 Å². The van der Waals surface area contributed by atoms with E-state index in [1.807, 2.05) is 5.38 Å². The summed E-state index contributed by atoms with van der Waals surface area (Å²) in [4.78, 5) is 27.4. The first-order valence-electron chi connectivity index (χ1n) is 7.09. The average molecular weight is 312 g/mol. The van der Waals surface area contributed by atoms with Gasteiger partial charge in [0.25, 0.3) is 0 Å². The molecule has 21 heavy (non-hydrogen) atoms. The van der Waals surface area contributed by atoms with Crippen molar-refractivity contribution in [3.05, 3.63) is 11.1 Å². The Balaban J connectivity index is 1.76. The Morgan fingerprint density at radius 3 is 2.95 bits per heavy atom. The molecule has 1 aliphatic rings. The lowest BCUT2D eigenvalue weighted by Gasteiger charge is -2.20. The molecule has 0 radical (unpaired) electrons. The van der Waals surface area contributed by atoms with Crippen LogP contribution in [0.5, 0.6) is 0 Å². The van der Waals surface area contributed by atoms with Crippen LogP contribution in [0.1, 0.15) is 31.4 Å². The van der Waals surface area contributed by atoms with Crippen LogP contribution in [0.15, 0.2) is 5.38 Å². The molecule has 116 valence electrons. The van der Waals surface area contributed by atoms with E-state index in [4.69, 9.17) is 4.74 Å². The maximum atomic E-state index is 12.1. The van der Waals surface area contributed by atoms with Gasteiger partial charge < -0.3 is 14.8 Å². The van der Waals surface area contributed by atoms with Crippen LogP contribution in [0.25, 0.3) is 0 Å². The van der Waals surface area contributed by atoms with Crippen LogP contribution in [0, 0.1) is 5.92 Å². The smallest absolute Gasteiger partial charge is 0.305 e. The van der Waals surface area contributed by atoms with Crippen molar-refractivity contribution < 1.29 is 19.1 Å². The van der Waals surface area contributed by atoms with Gasteiger partial charge >= 0.3 is 5.97 Å². The maximum Gasteiger partial charge on any atom is 0.305 e. The predicted octanol–water partition coefficient (Wildman–Crippen LogP) is 2.00. The molecule has 0 atom stereocenters. The van der Waals surface area contributed by atoms with Gasteiger partial charge in [-0.25, -0.2) is 4.98 Å². The molecule has 2 heterocycles. The minimum Gasteiger partial charge on any atom is -0.469 e. The zero-order valence-electron chi connectivity index (χ0n) is 12.1. The molecule has 0 aliphatic carbocycles. The second-order valence-electron chi connectivity index (χ2n) is 4.95. The third-order valence-corrected chi connectivity index (χ3v) is 4.22. The molecule has 1 fully saturated rings. The van der Waals surface area contributed by atoms with Gasteiger partial charge in [0.15, 0.2) is 5.13 Å². The highest BCUT2D eigenvalue weighted by atomic mass is 32.1. The fourth-order valence-electron chi connectivity index (χ4n) is 2.16. The zero-order chi connectivity index (χ0) is 15.1. The summed E-state index contributed by atoms with van der Waals surface area (Å²) < 4.78 is 9.84. The molecule has 7 heteroatoms. The summed E-state index contributed by atoms with van der Waals surface area (Å²) in [6.45, 7) is 1.30. The van der Waals surface area contributed by atoms with Gasteiger partial charge in [-0.05, 0) is 25.7 Å². The van der Waals surface area contributed by atoms with Crippen molar-refractivity contribution in [1.82, 2.24) is 4.98 Å². The van der Waals surface area contributed by atoms with Gasteiger partial charge in [0, 0.05) is 30.9 Å². The van der Waals surface area contributed by atoms with Gasteiger partial charge in [0.05, 0.1) is 12.8 Å². The number of methoxy groups -OCH3 is 1. The van der Waals surface area contributed by atoms with E-state index in [0.29, 0.717) is 37.6 Å². The van der Waals surface area contributed by atoms with Crippen molar-refractivity contribution in [3.63, 3.8) is 0 Å². The van der Waals surface area contributed by atoms with Gasteiger partial charge in [-0.1, -0.05) is 0 Å². The number of anilines is 1. The van der Waals surface area contributed by atoms with E-state index in [2.05, 4.69) is 15.0 Å². The van der Waals surface area contributed by atoms with E-state index in [0.717, 1.165) is 18.5 Å². The second-order valence-corrected chi connectivity index (χ2v) is 5.81. The first-order chi connectivity index (χ1) is 10.2. The number of aromatic nitrogens is 1. The first kappa shape index (κ1) is 15.9. The number of hydrogen-bond donors (Lipinski definition) is 1. The number of amides is 1. The molecule has 0 bridgehead atoms. The molecular formula is C14H20N2O4S. The standard InChI is InChI=1S/C14H20N2O4S/c1-19-12(17)4-2-3-11-9-21-14(15-11)16-13(18)10-5-7-20-8-6-10/h9-10H,2-8H2,1H3,(H,15,16,18). The summed E-state index contributed by atoms with van der Waals surface area (Å²) in [7, 11) is 1.38. The normalized spacial score (nSPS) is 15.7. The Kier molecular flexibility index (Phi) is 6.13. The molecule has 1 amide bonds. The number of thiazole rings is 1. The van der Waals surface area contributed by atoms with Crippen LogP contribution >= 0.6 is 11.3 Å². The number of nitrogens with zero attached hydrogens (tertiary/aromatic N) is 1. The van der Waals surface area contributed by atoms with Crippen molar-refractivity contribution >= 4 is 28.3 Å². The van der Waals surface area contributed by atoms with Gasteiger partial charge in [0.1, 0.15) is 0 Å². The summed E-state index contributed by atoms with van der Waals surface area (Å²) in [5.41, 5.74) is 0.895. The van der Waals surface area contributed by atoms with Crippen LogP contribution in [0.2, 0.25) is 0 Å². The quantitative estimate of drug-likeness (QED) is 0.813. The van der Waals surface area contributed by atoms with Crippen LogP contribution in [0.4, 0.5) is 5.13 Å². The number of carbonyl (C=O) groups is 2. The van der Waals surface area contributed by atoms with Crippen molar-refractivity contribution in [3.8, 4) is 0 Å². The zero-order valence-corrected chi connectivity index (χ0v) is 12.9. The van der Waals surface area contributed by atoms with Crippen molar-refractivity contribution in [2.24, 2.45) is 5.92 Å². The Labute approximate surface area is 127 Å². The molecule has 1 saturated heterocycles. The van der Waals surface area contributed by atoms with Crippen LogP contribution in [-0.4, -0.2) is 37.2 Å². The number of esters is 1. The van der Waals surface area contributed by atoms with E-state index in [1.54, 1.807) is 0 Å². The second kappa shape index (κ2) is 8.09. The third kappa shape index (κ3) is 5.09. The highest BCUT2D eigenvalue weighted by Crippen LogP contribution is 2.21. The molecule has 6 nitrogen and oxygen atoms in total. The van der Waals surface area contributed by atoms with Gasteiger partial charge in [-0.2, -0.15) is 0 Å². The Hall–Kier alpha value is -1.47. The van der Waals surface area contributed by atoms with Crippen LogP contribution < -0.4 is 5.32 Å². The largest absolute Gasteiger partial charge is 0.469 e. The first-order valence-corrected chi connectivity index (χ1v) is 7.97. The number of aryl methyl sites for hydroxylation is 1. The molecule has 0 unspecified atom stereocenters. The molecule has 0 aromatic carbocycles. The minimum absolute atomic E-state index is 0.0189. The lowest BCUT2D eigenvalue weighted by atomic mass is 10.00. The van der Waals surface area contributed by atoms with Crippen LogP contribution in [0.3, 0.4) is 0 Å². The summed E-state index contributed by atoms with van der Waals surface area (Å²) in [5, 5.41) is 5.40. The van der Waals surface area contributed by atoms with Gasteiger partial charge in [-0.3, -0.25) is 9.59 Å². The Bertz CT molecular complexity index is 483. The van der Waals surface area contributed by atoms with Crippen molar-refractivity contribution in [2.75, 3.05) is 25.6 Å². The maximum absolute atomic E-state index is 12.1. The van der Waals surface area contributed by atoms with Crippen molar-refractivity contribution in [2.45, 2.75) is 32.1 Å². The summed E-state index contributed by atoms with van der Waals surface area (Å²) in [6, 6.07) is 0. The molecule has 2 rings (SSSR count). The fraction of sp³-hybridized carbons (Fsp3) is 0.643. The molecular weight excluding hydrogens is 292 g/mol. The van der Waals surface area contributed by atoms with Crippen molar-refractivity contribution in [1.29, 1.82) is 0 Å². The number of rotatable bonds is 6.